The van der Waals surface area contributed by atoms with Gasteiger partial charge < -0.3 is 4.74 Å². The second-order valence-corrected chi connectivity index (χ2v) is 5.79. The first-order valence-corrected chi connectivity index (χ1v) is 7.72. The highest BCUT2D eigenvalue weighted by Gasteiger charge is 2.34. The smallest absolute Gasteiger partial charge is 0.192 e. The van der Waals surface area contributed by atoms with Crippen LogP contribution in [0.15, 0.2) is 78.9 Å². The Bertz CT molecular complexity index is 915. The first kappa shape index (κ1) is 13.7. The first-order chi connectivity index (χ1) is 11.3. The third kappa shape index (κ3) is 2.39. The zero-order chi connectivity index (χ0) is 15.7. The van der Waals surface area contributed by atoms with Gasteiger partial charge in [0, 0.05) is 16.7 Å². The molecule has 0 fully saturated rings. The molecule has 1 aliphatic heterocycles. The minimum atomic E-state index is -0.652. The number of hydrogen-bond donors (Lipinski definition) is 0. The van der Waals surface area contributed by atoms with Gasteiger partial charge in [0.15, 0.2) is 5.60 Å². The maximum atomic E-state index is 6.29. The van der Waals surface area contributed by atoms with Gasteiger partial charge in [-0.25, -0.2) is 0 Å². The van der Waals surface area contributed by atoms with Crippen molar-refractivity contribution in [2.24, 2.45) is 0 Å². The summed E-state index contributed by atoms with van der Waals surface area (Å²) < 4.78 is 6.29. The lowest BCUT2D eigenvalue weighted by molar-refractivity contribution is 0.148. The van der Waals surface area contributed by atoms with Gasteiger partial charge in [-0.05, 0) is 36.6 Å². The summed E-state index contributed by atoms with van der Waals surface area (Å²) >= 11 is 0. The van der Waals surface area contributed by atoms with Crippen molar-refractivity contribution in [3.63, 3.8) is 0 Å². The molecule has 0 saturated heterocycles. The molecule has 0 amide bonds. The van der Waals surface area contributed by atoms with Crippen LogP contribution < -0.4 is 4.74 Å². The highest BCUT2D eigenvalue weighted by molar-refractivity contribution is 5.77. The molecule has 23 heavy (non-hydrogen) atoms. The lowest BCUT2D eigenvalue weighted by Gasteiger charge is -2.33. The molecule has 0 radical (unpaired) electrons. The molecule has 1 atom stereocenters. The van der Waals surface area contributed by atoms with Gasteiger partial charge in [0.25, 0.3) is 0 Å². The molecule has 1 aliphatic rings. The van der Waals surface area contributed by atoms with Crippen LogP contribution in [0.25, 0.3) is 11.1 Å². The monoisotopic (exact) mass is 296 g/mol. The van der Waals surface area contributed by atoms with Crippen LogP contribution in [0.4, 0.5) is 0 Å². The Kier molecular flexibility index (Phi) is 3.17. The average Bonchev–Trinajstić information content (AvgIpc) is 2.61. The third-order valence-corrected chi connectivity index (χ3v) is 4.15. The number of ether oxygens (including phenoxy) is 1. The van der Waals surface area contributed by atoms with Crippen LogP contribution in [0.2, 0.25) is 0 Å². The molecule has 0 N–H and O–H groups in total. The minimum absolute atomic E-state index is 0.652. The predicted octanol–water partition coefficient (Wildman–Crippen LogP) is 5.01. The minimum Gasteiger partial charge on any atom is -0.470 e. The van der Waals surface area contributed by atoms with Crippen LogP contribution in [0.5, 0.6) is 5.75 Å². The SMILES string of the molecule is CC1(C#Cc2ccccc2)Oc2ccccc2-c2ccccc21. The van der Waals surface area contributed by atoms with E-state index in [2.05, 4.69) is 36.1 Å². The van der Waals surface area contributed by atoms with Gasteiger partial charge in [-0.15, -0.1) is 0 Å². The second-order valence-electron chi connectivity index (χ2n) is 5.79. The lowest BCUT2D eigenvalue weighted by atomic mass is 9.85. The van der Waals surface area contributed by atoms with Crippen LogP contribution in [0.3, 0.4) is 0 Å². The molecule has 0 spiro atoms. The van der Waals surface area contributed by atoms with Gasteiger partial charge in [0.1, 0.15) is 5.75 Å². The van der Waals surface area contributed by atoms with Crippen LogP contribution in [-0.4, -0.2) is 0 Å². The van der Waals surface area contributed by atoms with Gasteiger partial charge >= 0.3 is 0 Å². The highest BCUT2D eigenvalue weighted by atomic mass is 16.5. The molecular formula is C22H16O. The number of fused-ring (bicyclic) bond motifs is 3. The van der Waals surface area contributed by atoms with Crippen LogP contribution >= 0.6 is 0 Å². The Balaban J connectivity index is 1.86. The summed E-state index contributed by atoms with van der Waals surface area (Å²) in [6.45, 7) is 2.04. The van der Waals surface area contributed by atoms with E-state index >= 15 is 0 Å². The fourth-order valence-electron chi connectivity index (χ4n) is 2.99. The molecule has 4 rings (SSSR count). The van der Waals surface area contributed by atoms with Crippen molar-refractivity contribution in [1.29, 1.82) is 0 Å². The summed E-state index contributed by atoms with van der Waals surface area (Å²) in [6.07, 6.45) is 0. The molecule has 1 heteroatoms. The Morgan fingerprint density at radius 2 is 1.39 bits per heavy atom. The molecule has 1 unspecified atom stereocenters. The fraction of sp³-hybridized carbons (Fsp3) is 0.0909. The molecular weight excluding hydrogens is 280 g/mol. The number of rotatable bonds is 0. The predicted molar refractivity (Wildman–Crippen MR) is 93.2 cm³/mol. The van der Waals surface area contributed by atoms with E-state index in [1.165, 1.54) is 5.56 Å². The Labute approximate surface area is 136 Å². The van der Waals surface area contributed by atoms with E-state index in [1.807, 2.05) is 61.5 Å². The van der Waals surface area contributed by atoms with Crippen molar-refractivity contribution < 1.29 is 4.74 Å². The van der Waals surface area contributed by atoms with E-state index in [1.54, 1.807) is 0 Å². The second kappa shape index (κ2) is 5.34. The molecule has 0 saturated carbocycles. The molecule has 0 aliphatic carbocycles. The molecule has 3 aromatic rings. The van der Waals surface area contributed by atoms with Crippen molar-refractivity contribution in [2.45, 2.75) is 12.5 Å². The molecule has 110 valence electrons. The molecule has 1 nitrogen and oxygen atoms in total. The van der Waals surface area contributed by atoms with Crippen molar-refractivity contribution >= 4 is 0 Å². The topological polar surface area (TPSA) is 9.23 Å². The van der Waals surface area contributed by atoms with E-state index in [0.29, 0.717) is 0 Å². The summed E-state index contributed by atoms with van der Waals surface area (Å²) in [6, 6.07) is 26.5. The normalized spacial score (nSPS) is 18.0. The quantitative estimate of drug-likeness (QED) is 0.530. The lowest BCUT2D eigenvalue weighted by Crippen LogP contribution is -2.31. The summed E-state index contributed by atoms with van der Waals surface area (Å²) in [5.74, 6) is 7.48. The first-order valence-electron chi connectivity index (χ1n) is 7.72. The van der Waals surface area contributed by atoms with Crippen LogP contribution in [0, 0.1) is 11.8 Å². The maximum absolute atomic E-state index is 6.29. The molecule has 3 aromatic carbocycles. The Morgan fingerprint density at radius 1 is 0.739 bits per heavy atom. The summed E-state index contributed by atoms with van der Waals surface area (Å²) in [5, 5.41) is 0. The van der Waals surface area contributed by atoms with Crippen molar-refractivity contribution in [3.05, 3.63) is 90.0 Å². The fourth-order valence-corrected chi connectivity index (χ4v) is 2.99. The van der Waals surface area contributed by atoms with Crippen LogP contribution in [0.1, 0.15) is 18.1 Å². The zero-order valence-corrected chi connectivity index (χ0v) is 12.9. The van der Waals surface area contributed by atoms with Crippen molar-refractivity contribution in [3.8, 4) is 28.7 Å². The van der Waals surface area contributed by atoms with E-state index < -0.39 is 5.60 Å². The van der Waals surface area contributed by atoms with E-state index in [4.69, 9.17) is 4.74 Å². The summed E-state index contributed by atoms with van der Waals surface area (Å²) in [4.78, 5) is 0. The molecule has 0 aromatic heterocycles. The van der Waals surface area contributed by atoms with Crippen LogP contribution in [-0.2, 0) is 5.60 Å². The standard InChI is InChI=1S/C22H16O/c1-22(16-15-17-9-3-2-4-10-17)20-13-7-5-11-18(20)19-12-6-8-14-21(19)23-22/h2-14H,1H3. The van der Waals surface area contributed by atoms with Gasteiger partial charge in [0.05, 0.1) is 0 Å². The summed E-state index contributed by atoms with van der Waals surface area (Å²) in [5.41, 5.74) is 3.78. The van der Waals surface area contributed by atoms with Gasteiger partial charge in [-0.3, -0.25) is 0 Å². The van der Waals surface area contributed by atoms with Gasteiger partial charge in [-0.1, -0.05) is 66.6 Å². The average molecular weight is 296 g/mol. The van der Waals surface area contributed by atoms with Crippen molar-refractivity contribution in [2.75, 3.05) is 0 Å². The number of hydrogen-bond acceptors (Lipinski definition) is 1. The zero-order valence-electron chi connectivity index (χ0n) is 12.9. The van der Waals surface area contributed by atoms with E-state index in [0.717, 1.165) is 22.4 Å². The number of benzene rings is 3. The molecule has 1 heterocycles. The van der Waals surface area contributed by atoms with E-state index in [9.17, 15) is 0 Å². The Hall–Kier alpha value is -2.98. The van der Waals surface area contributed by atoms with Gasteiger partial charge in [0.2, 0.25) is 0 Å². The largest absolute Gasteiger partial charge is 0.470 e. The maximum Gasteiger partial charge on any atom is 0.192 e. The third-order valence-electron chi connectivity index (χ3n) is 4.15. The number of para-hydroxylation sites is 1. The van der Waals surface area contributed by atoms with Gasteiger partial charge in [-0.2, -0.15) is 0 Å². The van der Waals surface area contributed by atoms with E-state index in [-0.39, 0.29) is 0 Å². The summed E-state index contributed by atoms with van der Waals surface area (Å²) in [7, 11) is 0. The highest BCUT2D eigenvalue weighted by Crippen LogP contribution is 2.44. The molecule has 0 bridgehead atoms. The Morgan fingerprint density at radius 3 is 2.22 bits per heavy atom. The van der Waals surface area contributed by atoms with Crippen molar-refractivity contribution in [1.82, 2.24) is 0 Å².